The molecule has 1 aromatic heterocycles. The Morgan fingerprint density at radius 3 is 2.35 bits per heavy atom. The Balaban J connectivity index is 1.54. The van der Waals surface area contributed by atoms with E-state index >= 15 is 0 Å². The van der Waals surface area contributed by atoms with E-state index in [2.05, 4.69) is 20.6 Å². The van der Waals surface area contributed by atoms with Crippen LogP contribution in [0.5, 0.6) is 5.75 Å². The van der Waals surface area contributed by atoms with Crippen molar-refractivity contribution in [1.82, 2.24) is 15.3 Å². The highest BCUT2D eigenvalue weighted by atomic mass is 32.2. The maximum absolute atomic E-state index is 13.9. The molecule has 12 heteroatoms. The van der Waals surface area contributed by atoms with Gasteiger partial charge < -0.3 is 15.4 Å². The Kier molecular flexibility index (Phi) is 9.92. The number of rotatable bonds is 12. The van der Waals surface area contributed by atoms with Crippen molar-refractivity contribution in [2.45, 2.75) is 39.0 Å². The van der Waals surface area contributed by atoms with Crippen molar-refractivity contribution in [3.05, 3.63) is 106 Å². The van der Waals surface area contributed by atoms with Crippen LogP contribution in [0.4, 0.5) is 30.5 Å². The summed E-state index contributed by atoms with van der Waals surface area (Å²) in [5.74, 6) is 0.464. The van der Waals surface area contributed by atoms with Gasteiger partial charge in [0.25, 0.3) is 0 Å². The first-order valence-electron chi connectivity index (χ1n) is 13.5. The monoisotopic (exact) mass is 613 g/mol. The summed E-state index contributed by atoms with van der Waals surface area (Å²) < 4.78 is 72.8. The number of aromatic nitrogens is 2. The van der Waals surface area contributed by atoms with Gasteiger partial charge in [-0.3, -0.25) is 4.31 Å². The van der Waals surface area contributed by atoms with Crippen molar-refractivity contribution in [3.63, 3.8) is 0 Å². The number of alkyl halides is 3. The third kappa shape index (κ3) is 8.45. The number of hydrogen-bond acceptors (Lipinski definition) is 7. The lowest BCUT2D eigenvalue weighted by molar-refractivity contribution is -0.138. The van der Waals surface area contributed by atoms with E-state index in [-0.39, 0.29) is 24.5 Å². The number of halogens is 3. The summed E-state index contributed by atoms with van der Waals surface area (Å²) in [6, 6.07) is 20.7. The van der Waals surface area contributed by atoms with Gasteiger partial charge in [0, 0.05) is 26.3 Å². The Morgan fingerprint density at radius 2 is 1.67 bits per heavy atom. The molecule has 0 spiro atoms. The fourth-order valence-electron chi connectivity index (χ4n) is 4.53. The molecule has 4 aromatic rings. The SMILES string of the molecule is COc1cc(CNCc2ccccc2)ccc1Nc1ncc(C(F)(F)F)c(CCc2ccc(C)cc2N(C)S(C)(=O)=O)n1. The summed E-state index contributed by atoms with van der Waals surface area (Å²) in [4.78, 5) is 8.16. The van der Waals surface area contributed by atoms with Crippen LogP contribution < -0.4 is 19.7 Å². The average Bonchev–Trinajstić information content (AvgIpc) is 2.96. The van der Waals surface area contributed by atoms with Crippen molar-refractivity contribution in [1.29, 1.82) is 0 Å². The van der Waals surface area contributed by atoms with Gasteiger partial charge in [-0.1, -0.05) is 48.5 Å². The van der Waals surface area contributed by atoms with E-state index in [4.69, 9.17) is 4.74 Å². The van der Waals surface area contributed by atoms with Crippen LogP contribution in [0.2, 0.25) is 0 Å². The Labute approximate surface area is 250 Å². The predicted octanol–water partition coefficient (Wildman–Crippen LogP) is 6.03. The van der Waals surface area contributed by atoms with E-state index in [0.29, 0.717) is 35.8 Å². The second-order valence-electron chi connectivity index (χ2n) is 10.2. The molecule has 4 rings (SSSR count). The number of hydrogen-bond donors (Lipinski definition) is 2. The largest absolute Gasteiger partial charge is 0.495 e. The van der Waals surface area contributed by atoms with Gasteiger partial charge >= 0.3 is 6.18 Å². The Morgan fingerprint density at radius 1 is 0.953 bits per heavy atom. The molecule has 0 aliphatic heterocycles. The highest BCUT2D eigenvalue weighted by Gasteiger charge is 2.35. The first-order valence-corrected chi connectivity index (χ1v) is 15.3. The van der Waals surface area contributed by atoms with Gasteiger partial charge in [0.2, 0.25) is 16.0 Å². The molecule has 3 aromatic carbocycles. The molecule has 8 nitrogen and oxygen atoms in total. The van der Waals surface area contributed by atoms with Crippen LogP contribution in [0, 0.1) is 6.92 Å². The number of nitrogens with one attached hydrogen (secondary N) is 2. The second-order valence-corrected chi connectivity index (χ2v) is 12.2. The van der Waals surface area contributed by atoms with Gasteiger partial charge in [0.15, 0.2) is 0 Å². The minimum atomic E-state index is -4.67. The molecule has 1 heterocycles. The number of sulfonamides is 1. The molecule has 0 saturated carbocycles. The molecule has 0 bridgehead atoms. The van der Waals surface area contributed by atoms with E-state index in [1.165, 1.54) is 14.2 Å². The van der Waals surface area contributed by atoms with E-state index in [0.717, 1.165) is 33.4 Å². The molecule has 0 amide bonds. The van der Waals surface area contributed by atoms with Crippen LogP contribution in [0.3, 0.4) is 0 Å². The second kappa shape index (κ2) is 13.4. The normalized spacial score (nSPS) is 11.8. The number of aryl methyl sites for hydroxylation is 3. The van der Waals surface area contributed by atoms with Gasteiger partial charge in [-0.05, 0) is 60.2 Å². The molecule has 43 heavy (non-hydrogen) atoms. The van der Waals surface area contributed by atoms with Crippen LogP contribution in [-0.2, 0) is 42.1 Å². The summed E-state index contributed by atoms with van der Waals surface area (Å²) in [5, 5.41) is 6.36. The lowest BCUT2D eigenvalue weighted by Crippen LogP contribution is -2.26. The van der Waals surface area contributed by atoms with Crippen LogP contribution in [0.1, 0.15) is 33.5 Å². The quantitative estimate of drug-likeness (QED) is 0.202. The fourth-order valence-corrected chi connectivity index (χ4v) is 5.06. The minimum absolute atomic E-state index is 0.0198. The van der Waals surface area contributed by atoms with E-state index in [1.54, 1.807) is 24.3 Å². The van der Waals surface area contributed by atoms with Crippen molar-refractivity contribution < 1.29 is 26.3 Å². The minimum Gasteiger partial charge on any atom is -0.495 e. The highest BCUT2D eigenvalue weighted by molar-refractivity contribution is 7.92. The van der Waals surface area contributed by atoms with Crippen molar-refractivity contribution in [2.24, 2.45) is 0 Å². The average molecular weight is 614 g/mol. The molecular weight excluding hydrogens is 579 g/mol. The topological polar surface area (TPSA) is 96.5 Å². The lowest BCUT2D eigenvalue weighted by atomic mass is 10.0. The summed E-state index contributed by atoms with van der Waals surface area (Å²) in [6.45, 7) is 3.09. The Hall–Kier alpha value is -4.16. The maximum Gasteiger partial charge on any atom is 0.419 e. The third-order valence-corrected chi connectivity index (χ3v) is 8.09. The predicted molar refractivity (Wildman–Crippen MR) is 162 cm³/mol. The smallest absolute Gasteiger partial charge is 0.419 e. The maximum atomic E-state index is 13.9. The summed E-state index contributed by atoms with van der Waals surface area (Å²) in [6.07, 6.45) is -2.80. The van der Waals surface area contributed by atoms with E-state index in [9.17, 15) is 21.6 Å². The van der Waals surface area contributed by atoms with Gasteiger partial charge in [-0.25, -0.2) is 18.4 Å². The number of ether oxygens (including phenoxy) is 1. The molecule has 0 saturated heterocycles. The summed E-state index contributed by atoms with van der Waals surface area (Å²) in [7, 11) is -0.653. The van der Waals surface area contributed by atoms with Crippen LogP contribution in [0.15, 0.2) is 72.9 Å². The molecule has 0 unspecified atom stereocenters. The van der Waals surface area contributed by atoms with Crippen LogP contribution in [0.25, 0.3) is 0 Å². The van der Waals surface area contributed by atoms with Crippen LogP contribution in [-0.4, -0.2) is 38.8 Å². The summed E-state index contributed by atoms with van der Waals surface area (Å²) >= 11 is 0. The standard InChI is InChI=1S/C31H34F3N5O3S/c1-21-10-12-24(28(16-21)39(2)43(4,40)41)13-15-26-25(31(32,33)34)20-36-30(37-26)38-27-14-11-23(17-29(27)42-3)19-35-18-22-8-6-5-7-9-22/h5-12,14,16-17,20,35H,13,15,18-19H2,1-4H3,(H,36,37,38). The van der Waals surface area contributed by atoms with Gasteiger partial charge in [0.05, 0.1) is 36.0 Å². The highest BCUT2D eigenvalue weighted by Crippen LogP contribution is 2.34. The molecule has 0 radical (unpaired) electrons. The molecular formula is C31H34F3N5O3S. The zero-order valence-electron chi connectivity index (χ0n) is 24.4. The molecule has 0 fully saturated rings. The van der Waals surface area contributed by atoms with Gasteiger partial charge in [-0.2, -0.15) is 13.2 Å². The fraction of sp³-hybridized carbons (Fsp3) is 0.290. The van der Waals surface area contributed by atoms with E-state index < -0.39 is 21.8 Å². The lowest BCUT2D eigenvalue weighted by Gasteiger charge is -2.21. The van der Waals surface area contributed by atoms with Crippen molar-refractivity contribution in [2.75, 3.05) is 30.0 Å². The summed E-state index contributed by atoms with van der Waals surface area (Å²) in [5.41, 5.74) is 3.27. The molecule has 228 valence electrons. The molecule has 0 atom stereocenters. The Bertz CT molecular complexity index is 1670. The van der Waals surface area contributed by atoms with Gasteiger partial charge in [0.1, 0.15) is 5.75 Å². The number of benzene rings is 3. The molecule has 0 aliphatic carbocycles. The van der Waals surface area contributed by atoms with Gasteiger partial charge in [-0.15, -0.1) is 0 Å². The zero-order valence-corrected chi connectivity index (χ0v) is 25.2. The van der Waals surface area contributed by atoms with Crippen LogP contribution >= 0.6 is 0 Å². The number of nitrogens with zero attached hydrogens (tertiary/aromatic N) is 3. The molecule has 0 aliphatic rings. The molecule has 2 N–H and O–H groups in total. The third-order valence-electron chi connectivity index (χ3n) is 6.90. The van der Waals surface area contributed by atoms with Crippen molar-refractivity contribution in [3.8, 4) is 5.75 Å². The first-order chi connectivity index (χ1) is 20.3. The zero-order chi connectivity index (χ0) is 31.2. The number of methoxy groups -OCH3 is 1. The van der Waals surface area contributed by atoms with Crippen molar-refractivity contribution >= 4 is 27.3 Å². The van der Waals surface area contributed by atoms with E-state index in [1.807, 2.05) is 49.4 Å². The first kappa shape index (κ1) is 31.8. The number of anilines is 3.